The number of carbonyl (C=O) groups is 3. The molecule has 0 atom stereocenters. The van der Waals surface area contributed by atoms with E-state index in [9.17, 15) is 14.4 Å². The van der Waals surface area contributed by atoms with Crippen LogP contribution in [0.4, 0.5) is 0 Å². The highest BCUT2D eigenvalue weighted by molar-refractivity contribution is 6.90. The summed E-state index contributed by atoms with van der Waals surface area (Å²) in [4.78, 5) is 32.8. The van der Waals surface area contributed by atoms with Crippen LogP contribution in [0.25, 0.3) is 0 Å². The minimum Gasteiger partial charge on any atom is -0.466 e. The van der Waals surface area contributed by atoms with Gasteiger partial charge in [0.2, 0.25) is 0 Å². The van der Waals surface area contributed by atoms with E-state index < -0.39 is 42.6 Å². The fraction of sp³-hybridized carbons (Fsp3) is 0.710. The van der Waals surface area contributed by atoms with Gasteiger partial charge in [-0.3, -0.25) is 0 Å². The minimum atomic E-state index is -2.83. The van der Waals surface area contributed by atoms with E-state index in [4.69, 9.17) is 35.1 Å². The number of hydrogen-bond acceptors (Lipinski definition) is 12. The maximum absolute atomic E-state index is 11.6. The third kappa shape index (κ3) is 27.3. The summed E-state index contributed by atoms with van der Waals surface area (Å²) in [6.07, 6.45) is 1.31. The largest absolute Gasteiger partial charge is 0.500 e. The van der Waals surface area contributed by atoms with Gasteiger partial charge in [-0.1, -0.05) is 19.7 Å². The van der Waals surface area contributed by atoms with Crippen LogP contribution in [0.3, 0.4) is 0 Å². The first-order valence-corrected chi connectivity index (χ1v) is 29.9. The second kappa shape index (κ2) is 23.8. The molecule has 0 aliphatic carbocycles. The van der Waals surface area contributed by atoms with Gasteiger partial charge in [-0.05, 0) is 92.5 Å². The molecule has 0 aromatic heterocycles. The lowest BCUT2D eigenvalue weighted by atomic mass is 10.4. The van der Waals surface area contributed by atoms with Gasteiger partial charge in [-0.25, -0.2) is 14.4 Å². The Labute approximate surface area is 296 Å². The molecule has 0 unspecified atom stereocenters. The van der Waals surface area contributed by atoms with Crippen LogP contribution >= 0.6 is 0 Å². The Morgan fingerprint density at radius 2 is 0.750 bits per heavy atom. The van der Waals surface area contributed by atoms with Crippen molar-refractivity contribution >= 4 is 60.5 Å². The van der Waals surface area contributed by atoms with Crippen molar-refractivity contribution in [2.75, 3.05) is 41.7 Å². The summed E-state index contributed by atoms with van der Waals surface area (Å²) in [6.45, 7) is 35.4. The van der Waals surface area contributed by atoms with Crippen LogP contribution in [-0.4, -0.2) is 102 Å². The van der Waals surface area contributed by atoms with Crippen LogP contribution in [0.5, 0.6) is 0 Å². The van der Waals surface area contributed by atoms with Gasteiger partial charge >= 0.3 is 35.5 Å². The summed E-state index contributed by atoms with van der Waals surface area (Å²) in [7, 11) is -4.94. The number of ether oxygens (including phenoxy) is 3. The van der Waals surface area contributed by atoms with Crippen molar-refractivity contribution in [2.45, 2.75) is 105 Å². The van der Waals surface area contributed by atoms with Crippen molar-refractivity contribution in [1.82, 2.24) is 0 Å². The molecule has 17 heteroatoms. The van der Waals surface area contributed by atoms with Crippen LogP contribution in [-0.2, 0) is 54.2 Å². The number of esters is 3. The Balaban J connectivity index is -0.000000746. The Morgan fingerprint density at radius 1 is 0.479 bits per heavy atom. The molecule has 0 heterocycles. The summed E-state index contributed by atoms with van der Waals surface area (Å²) >= 11 is 0. The standard InChI is InChI=1S/C16H38O5Si4.C10H20O5Si.C5H8O2/c1-15(2)16(17)18-13-12-14-25(19-22(3,4)5,20-23(6,7)8)21-24(9,10)11;1-9(2)10(11)15-7-6-8-16(12-3,13-4)14-5;1-4(2)5(6)7-3/h1,12-14H2,2-11H3;1,6-8H2,2-5H3;1H2,2-3H3. The van der Waals surface area contributed by atoms with Crippen LogP contribution in [0, 0.1) is 0 Å². The smallest absolute Gasteiger partial charge is 0.466 e. The SMILES string of the molecule is C=C(C)C(=O)OC.C=C(C)C(=O)OCCC[Si](OC)(OC)OC.C=C(C)C(=O)OCCC[Si](O[Si](C)(C)C)(O[Si](C)(C)C)O[Si](C)(C)C. The summed E-state index contributed by atoms with van der Waals surface area (Å²) < 4.78 is 49.9. The van der Waals surface area contributed by atoms with E-state index in [1.807, 2.05) is 0 Å². The molecule has 0 aromatic carbocycles. The Morgan fingerprint density at radius 3 is 0.938 bits per heavy atom. The van der Waals surface area contributed by atoms with E-state index in [1.54, 1.807) is 42.1 Å². The van der Waals surface area contributed by atoms with Crippen molar-refractivity contribution in [1.29, 1.82) is 0 Å². The lowest BCUT2D eigenvalue weighted by molar-refractivity contribution is -0.139. The average Bonchev–Trinajstić information content (AvgIpc) is 2.92. The van der Waals surface area contributed by atoms with Gasteiger partial charge in [0.15, 0.2) is 25.0 Å². The number of methoxy groups -OCH3 is 1. The van der Waals surface area contributed by atoms with Gasteiger partial charge < -0.3 is 39.8 Å². The first-order chi connectivity index (χ1) is 21.6. The monoisotopic (exact) mass is 770 g/mol. The molecule has 0 amide bonds. The van der Waals surface area contributed by atoms with Crippen LogP contribution < -0.4 is 0 Å². The van der Waals surface area contributed by atoms with Crippen molar-refractivity contribution < 1.29 is 54.2 Å². The summed E-state index contributed by atoms with van der Waals surface area (Å²) in [6, 6.07) is 1.29. The normalized spacial score (nSPS) is 12.0. The topological polar surface area (TPSA) is 134 Å². The maximum atomic E-state index is 11.6. The first-order valence-electron chi connectivity index (χ1n) is 15.8. The van der Waals surface area contributed by atoms with Crippen LogP contribution in [0.1, 0.15) is 33.6 Å². The molecule has 0 aliphatic rings. The minimum absolute atomic E-state index is 0.316. The van der Waals surface area contributed by atoms with Gasteiger partial charge in [0.25, 0.3) is 0 Å². The fourth-order valence-electron chi connectivity index (χ4n) is 3.50. The summed E-state index contributed by atoms with van der Waals surface area (Å²) in [5, 5.41) is 0. The number of carbonyl (C=O) groups excluding carboxylic acids is 3. The van der Waals surface area contributed by atoms with Crippen molar-refractivity contribution in [3.8, 4) is 0 Å². The highest BCUT2D eigenvalue weighted by atomic mass is 28.5. The third-order valence-corrected chi connectivity index (χ3v) is 20.1. The van der Waals surface area contributed by atoms with E-state index in [0.29, 0.717) is 54.9 Å². The zero-order valence-electron chi connectivity index (χ0n) is 32.8. The zero-order valence-corrected chi connectivity index (χ0v) is 37.8. The number of hydrogen-bond donors (Lipinski definition) is 0. The second-order valence-electron chi connectivity index (χ2n) is 13.9. The molecule has 0 spiro atoms. The molecule has 0 radical (unpaired) electrons. The van der Waals surface area contributed by atoms with Crippen molar-refractivity contribution in [2.24, 2.45) is 0 Å². The molecule has 12 nitrogen and oxygen atoms in total. The molecule has 0 saturated heterocycles. The predicted octanol–water partition coefficient (Wildman–Crippen LogP) is 7.10. The van der Waals surface area contributed by atoms with Crippen LogP contribution in [0.2, 0.25) is 71.0 Å². The quantitative estimate of drug-likeness (QED) is 0.0411. The predicted molar refractivity (Wildman–Crippen MR) is 203 cm³/mol. The van der Waals surface area contributed by atoms with Crippen molar-refractivity contribution in [3.63, 3.8) is 0 Å². The molecule has 0 rings (SSSR count). The van der Waals surface area contributed by atoms with Gasteiger partial charge in [0.1, 0.15) is 0 Å². The van der Waals surface area contributed by atoms with E-state index in [1.165, 1.54) is 7.11 Å². The molecule has 48 heavy (non-hydrogen) atoms. The van der Waals surface area contributed by atoms with Gasteiger partial charge in [-0.15, -0.1) is 0 Å². The Kier molecular flexibility index (Phi) is 25.2. The summed E-state index contributed by atoms with van der Waals surface area (Å²) in [5.41, 5.74) is 1.25. The molecule has 0 saturated carbocycles. The molecule has 0 aromatic rings. The fourth-order valence-corrected chi connectivity index (χ4v) is 19.8. The van der Waals surface area contributed by atoms with Crippen LogP contribution in [0.15, 0.2) is 36.5 Å². The second-order valence-corrected chi connectivity index (χ2v) is 34.0. The highest BCUT2D eigenvalue weighted by Crippen LogP contribution is 2.30. The zero-order chi connectivity index (χ0) is 38.6. The highest BCUT2D eigenvalue weighted by Gasteiger charge is 2.49. The molecule has 0 fully saturated rings. The van der Waals surface area contributed by atoms with E-state index in [2.05, 4.69) is 83.4 Å². The van der Waals surface area contributed by atoms with Crippen molar-refractivity contribution in [3.05, 3.63) is 36.5 Å². The Bertz CT molecular complexity index is 977. The van der Waals surface area contributed by atoms with Gasteiger partial charge in [0, 0.05) is 50.1 Å². The molecule has 282 valence electrons. The average molecular weight is 771 g/mol. The molecule has 0 aliphatic heterocycles. The summed E-state index contributed by atoms with van der Waals surface area (Å²) in [5.74, 6) is -1.07. The third-order valence-electron chi connectivity index (χ3n) is 5.27. The maximum Gasteiger partial charge on any atom is 0.500 e. The first kappa shape index (κ1) is 50.8. The Hall–Kier alpha value is -1.53. The molecular weight excluding hydrogens is 705 g/mol. The lowest BCUT2D eigenvalue weighted by Gasteiger charge is -2.42. The molecular formula is C31H66O12Si5. The van der Waals surface area contributed by atoms with E-state index in [-0.39, 0.29) is 17.9 Å². The van der Waals surface area contributed by atoms with E-state index >= 15 is 0 Å². The number of rotatable bonds is 20. The van der Waals surface area contributed by atoms with E-state index in [0.717, 1.165) is 0 Å². The molecule has 0 bridgehead atoms. The van der Waals surface area contributed by atoms with Gasteiger partial charge in [0.05, 0.1) is 20.3 Å². The van der Waals surface area contributed by atoms with Gasteiger partial charge in [-0.2, -0.15) is 0 Å². The lowest BCUT2D eigenvalue weighted by Crippen LogP contribution is -2.60. The molecule has 0 N–H and O–H groups in total.